The molecule has 0 saturated carbocycles. The van der Waals surface area contributed by atoms with Gasteiger partial charge in [-0.25, -0.2) is 0 Å². The summed E-state index contributed by atoms with van der Waals surface area (Å²) in [6.07, 6.45) is 0.849. The number of carbonyl (C=O) groups is 2. The summed E-state index contributed by atoms with van der Waals surface area (Å²) in [5.74, 6) is 1.67. The van der Waals surface area contributed by atoms with Crippen LogP contribution in [-0.4, -0.2) is 32.0 Å². The number of thiophene rings is 1. The maximum absolute atomic E-state index is 12.2. The molecule has 1 aliphatic rings. The predicted octanol–water partition coefficient (Wildman–Crippen LogP) is 2.94. The molecule has 6 heteroatoms. The Bertz CT molecular complexity index is 768. The summed E-state index contributed by atoms with van der Waals surface area (Å²) < 4.78 is 11.0. The van der Waals surface area contributed by atoms with Crippen LogP contribution in [0.4, 0.5) is 0 Å². The van der Waals surface area contributed by atoms with Gasteiger partial charge in [-0.2, -0.15) is 0 Å². The number of Topliss-reactive ketones (excluding diaryl/α,β-unsaturated/α-hetero) is 1. The largest absolute Gasteiger partial charge is 0.497 e. The molecule has 5 nitrogen and oxygen atoms in total. The van der Waals surface area contributed by atoms with E-state index in [9.17, 15) is 9.59 Å². The Kier molecular flexibility index (Phi) is 4.85. The van der Waals surface area contributed by atoms with E-state index in [1.54, 1.807) is 18.6 Å². The van der Waals surface area contributed by atoms with Crippen molar-refractivity contribution in [1.29, 1.82) is 0 Å². The smallest absolute Gasteiger partial charge is 0.252 e. The molecule has 0 radical (unpaired) electrons. The summed E-state index contributed by atoms with van der Waals surface area (Å²) in [5.41, 5.74) is 1.66. The topological polar surface area (TPSA) is 64.6 Å². The summed E-state index contributed by atoms with van der Waals surface area (Å²) in [5, 5.41) is 4.64. The van der Waals surface area contributed by atoms with Gasteiger partial charge in [0, 0.05) is 23.9 Å². The summed E-state index contributed by atoms with van der Waals surface area (Å²) in [4.78, 5) is 24.1. The lowest BCUT2D eigenvalue weighted by molar-refractivity contribution is 0.0939. The van der Waals surface area contributed by atoms with Gasteiger partial charge in [0.15, 0.2) is 5.78 Å². The Hall–Kier alpha value is -2.34. The Morgan fingerprint density at radius 3 is 2.92 bits per heavy atom. The lowest BCUT2D eigenvalue weighted by atomic mass is 9.96. The number of hydrogen-bond donors (Lipinski definition) is 1. The van der Waals surface area contributed by atoms with Crippen LogP contribution in [0.3, 0.4) is 0 Å². The lowest BCUT2D eigenvalue weighted by Crippen LogP contribution is -2.34. The average Bonchev–Trinajstić information content (AvgIpc) is 3.09. The van der Waals surface area contributed by atoms with Crippen LogP contribution in [0.25, 0.3) is 0 Å². The molecule has 0 fully saturated rings. The quantitative estimate of drug-likeness (QED) is 0.846. The molecule has 0 aliphatic carbocycles. The highest BCUT2D eigenvalue weighted by Crippen LogP contribution is 2.30. The van der Waals surface area contributed by atoms with Crippen molar-refractivity contribution in [3.05, 3.63) is 45.6 Å². The van der Waals surface area contributed by atoms with E-state index in [0.717, 1.165) is 23.5 Å². The van der Waals surface area contributed by atoms with Gasteiger partial charge in [0.25, 0.3) is 5.91 Å². The van der Waals surface area contributed by atoms with E-state index in [1.165, 1.54) is 18.3 Å². The molecule has 126 valence electrons. The van der Waals surface area contributed by atoms with Gasteiger partial charge in [0.2, 0.25) is 0 Å². The van der Waals surface area contributed by atoms with Crippen molar-refractivity contribution in [2.75, 3.05) is 20.3 Å². The highest BCUT2D eigenvalue weighted by Gasteiger charge is 2.21. The minimum absolute atomic E-state index is 0.0215. The van der Waals surface area contributed by atoms with E-state index >= 15 is 0 Å². The Morgan fingerprint density at radius 2 is 2.21 bits per heavy atom. The molecule has 0 spiro atoms. The second-order valence-corrected chi connectivity index (χ2v) is 6.73. The second kappa shape index (κ2) is 7.05. The molecular weight excluding hydrogens is 326 g/mol. The van der Waals surface area contributed by atoms with Gasteiger partial charge in [-0.05, 0) is 31.0 Å². The minimum Gasteiger partial charge on any atom is -0.497 e. The third-order valence-electron chi connectivity index (χ3n) is 4.02. The molecule has 1 N–H and O–H groups in total. The summed E-state index contributed by atoms with van der Waals surface area (Å²) in [6, 6.07) is 7.44. The van der Waals surface area contributed by atoms with Crippen LogP contribution in [0.1, 0.15) is 32.5 Å². The molecule has 24 heavy (non-hydrogen) atoms. The first-order valence-electron chi connectivity index (χ1n) is 7.74. The molecule has 3 rings (SSSR count). The first-order valence-corrected chi connectivity index (χ1v) is 8.62. The molecular formula is C18H19NO4S. The number of methoxy groups -OCH3 is 1. The van der Waals surface area contributed by atoms with Gasteiger partial charge in [0.05, 0.1) is 24.2 Å². The van der Waals surface area contributed by atoms with Crippen molar-refractivity contribution >= 4 is 23.0 Å². The number of rotatable bonds is 5. The fourth-order valence-electron chi connectivity index (χ4n) is 2.65. The molecule has 2 heterocycles. The number of benzene rings is 1. The first-order chi connectivity index (χ1) is 11.6. The number of carbonyl (C=O) groups excluding carboxylic acids is 2. The maximum Gasteiger partial charge on any atom is 0.252 e. The van der Waals surface area contributed by atoms with Gasteiger partial charge in [0.1, 0.15) is 11.5 Å². The zero-order valence-corrected chi connectivity index (χ0v) is 14.4. The van der Waals surface area contributed by atoms with Gasteiger partial charge in [-0.15, -0.1) is 11.3 Å². The molecule has 2 aromatic rings. The fraction of sp³-hybridized carbons (Fsp3) is 0.333. The molecule has 1 aromatic carbocycles. The van der Waals surface area contributed by atoms with Crippen LogP contribution in [0, 0.1) is 5.92 Å². The SMILES string of the molecule is COc1ccc2c(c1)OCC(CNC(=O)c1csc(C(C)=O)c1)C2. The molecule has 0 saturated heterocycles. The van der Waals surface area contributed by atoms with Crippen molar-refractivity contribution < 1.29 is 19.1 Å². The molecule has 1 atom stereocenters. The van der Waals surface area contributed by atoms with Crippen molar-refractivity contribution in [1.82, 2.24) is 5.32 Å². The van der Waals surface area contributed by atoms with Crippen LogP contribution in [0.5, 0.6) is 11.5 Å². The second-order valence-electron chi connectivity index (χ2n) is 5.82. The monoisotopic (exact) mass is 345 g/mol. The van der Waals surface area contributed by atoms with E-state index in [1.807, 2.05) is 18.2 Å². The molecule has 0 bridgehead atoms. The Balaban J connectivity index is 1.57. The predicted molar refractivity (Wildman–Crippen MR) is 92.3 cm³/mol. The Morgan fingerprint density at radius 1 is 1.38 bits per heavy atom. The molecule has 1 amide bonds. The Labute approximate surface area is 144 Å². The van der Waals surface area contributed by atoms with Crippen molar-refractivity contribution in [3.63, 3.8) is 0 Å². The zero-order chi connectivity index (χ0) is 17.1. The first kappa shape index (κ1) is 16.5. The third kappa shape index (κ3) is 3.59. The summed E-state index contributed by atoms with van der Waals surface area (Å²) in [6.45, 7) is 2.59. The standard InChI is InChI=1S/C18H19NO4S/c1-11(20)17-6-14(10-24-17)18(21)19-8-12-5-13-3-4-15(22-2)7-16(13)23-9-12/h3-4,6-7,10,12H,5,8-9H2,1-2H3,(H,19,21). The summed E-state index contributed by atoms with van der Waals surface area (Å²) in [7, 11) is 1.63. The number of ketones is 1. The number of nitrogens with one attached hydrogen (secondary N) is 1. The maximum atomic E-state index is 12.2. The average molecular weight is 345 g/mol. The molecule has 1 unspecified atom stereocenters. The highest BCUT2D eigenvalue weighted by atomic mass is 32.1. The van der Waals surface area contributed by atoms with E-state index in [2.05, 4.69) is 5.32 Å². The van der Waals surface area contributed by atoms with E-state index in [4.69, 9.17) is 9.47 Å². The van der Waals surface area contributed by atoms with Gasteiger partial charge < -0.3 is 14.8 Å². The van der Waals surface area contributed by atoms with Crippen LogP contribution in [-0.2, 0) is 6.42 Å². The summed E-state index contributed by atoms with van der Waals surface area (Å²) >= 11 is 1.29. The molecule has 1 aromatic heterocycles. The van der Waals surface area contributed by atoms with Crippen LogP contribution >= 0.6 is 11.3 Å². The van der Waals surface area contributed by atoms with Gasteiger partial charge in [-0.3, -0.25) is 9.59 Å². The van der Waals surface area contributed by atoms with E-state index in [0.29, 0.717) is 23.6 Å². The zero-order valence-electron chi connectivity index (χ0n) is 13.6. The third-order valence-corrected chi connectivity index (χ3v) is 5.05. The highest BCUT2D eigenvalue weighted by molar-refractivity contribution is 7.12. The fourth-order valence-corrected chi connectivity index (χ4v) is 3.44. The van der Waals surface area contributed by atoms with Crippen LogP contribution in [0.15, 0.2) is 29.6 Å². The van der Waals surface area contributed by atoms with Crippen LogP contribution < -0.4 is 14.8 Å². The van der Waals surface area contributed by atoms with Crippen LogP contribution in [0.2, 0.25) is 0 Å². The van der Waals surface area contributed by atoms with Gasteiger partial charge in [-0.1, -0.05) is 6.07 Å². The van der Waals surface area contributed by atoms with E-state index < -0.39 is 0 Å². The number of ether oxygens (including phenoxy) is 2. The van der Waals surface area contributed by atoms with Crippen molar-refractivity contribution in [2.45, 2.75) is 13.3 Å². The molecule has 1 aliphatic heterocycles. The van der Waals surface area contributed by atoms with Crippen molar-refractivity contribution in [2.24, 2.45) is 5.92 Å². The number of fused-ring (bicyclic) bond motifs is 1. The lowest BCUT2D eigenvalue weighted by Gasteiger charge is -2.25. The minimum atomic E-state index is -0.153. The number of hydrogen-bond acceptors (Lipinski definition) is 5. The van der Waals surface area contributed by atoms with E-state index in [-0.39, 0.29) is 17.6 Å². The normalized spacial score (nSPS) is 16.0. The van der Waals surface area contributed by atoms with Gasteiger partial charge >= 0.3 is 0 Å². The van der Waals surface area contributed by atoms with Crippen molar-refractivity contribution in [3.8, 4) is 11.5 Å². The number of amides is 1.